The fourth-order valence-corrected chi connectivity index (χ4v) is 2.75. The molecule has 98 valence electrons. The summed E-state index contributed by atoms with van der Waals surface area (Å²) < 4.78 is 1.72. The highest BCUT2D eigenvalue weighted by molar-refractivity contribution is 5.55. The van der Waals surface area contributed by atoms with E-state index in [-0.39, 0.29) is 18.6 Å². The normalized spacial score (nSPS) is 23.7. The topological polar surface area (TPSA) is 73.9 Å². The fourth-order valence-electron chi connectivity index (χ4n) is 2.75. The molecule has 1 heterocycles. The quantitative estimate of drug-likeness (QED) is 0.851. The Kier molecular flexibility index (Phi) is 3.87. The van der Waals surface area contributed by atoms with E-state index in [1.165, 1.54) is 12.8 Å². The average molecular weight is 248 g/mol. The Balaban J connectivity index is 2.20. The Morgan fingerprint density at radius 1 is 1.50 bits per heavy atom. The van der Waals surface area contributed by atoms with Gasteiger partial charge >= 0.3 is 0 Å². The number of nitrogens with zero attached hydrogens (tertiary/aromatic N) is 3. The van der Waals surface area contributed by atoms with Crippen molar-refractivity contribution in [3.8, 4) is 6.07 Å². The molecule has 0 amide bonds. The van der Waals surface area contributed by atoms with Crippen molar-refractivity contribution >= 4 is 5.82 Å². The summed E-state index contributed by atoms with van der Waals surface area (Å²) in [6, 6.07) is 2.44. The smallest absolute Gasteiger partial charge is 0.142 e. The first-order chi connectivity index (χ1) is 8.67. The number of aliphatic hydroxyl groups is 1. The summed E-state index contributed by atoms with van der Waals surface area (Å²) in [5.74, 6) is 1.06. The van der Waals surface area contributed by atoms with E-state index in [9.17, 15) is 10.4 Å². The van der Waals surface area contributed by atoms with Gasteiger partial charge in [0.1, 0.15) is 17.5 Å². The molecule has 0 aromatic carbocycles. The van der Waals surface area contributed by atoms with Crippen molar-refractivity contribution in [1.82, 2.24) is 9.78 Å². The standard InChI is InChI=1S/C13H20N4O/c1-9-11(7-14)13(17(2)16-9)15-12-6-4-3-5-10(12)8-18/h10,12,15,18H,3-6,8H2,1-2H3. The van der Waals surface area contributed by atoms with Crippen LogP contribution in [0.5, 0.6) is 0 Å². The number of hydrogen-bond acceptors (Lipinski definition) is 4. The number of nitriles is 1. The van der Waals surface area contributed by atoms with Gasteiger partial charge in [0.05, 0.1) is 5.69 Å². The molecule has 18 heavy (non-hydrogen) atoms. The highest BCUT2D eigenvalue weighted by atomic mass is 16.3. The van der Waals surface area contributed by atoms with E-state index in [4.69, 9.17) is 0 Å². The lowest BCUT2D eigenvalue weighted by molar-refractivity contribution is 0.178. The van der Waals surface area contributed by atoms with Crippen LogP contribution in [0, 0.1) is 24.2 Å². The van der Waals surface area contributed by atoms with E-state index < -0.39 is 0 Å². The minimum Gasteiger partial charge on any atom is -0.396 e. The van der Waals surface area contributed by atoms with Crippen LogP contribution in [0.2, 0.25) is 0 Å². The Hall–Kier alpha value is -1.54. The second kappa shape index (κ2) is 5.40. The van der Waals surface area contributed by atoms with E-state index in [1.54, 1.807) is 4.68 Å². The summed E-state index contributed by atoms with van der Waals surface area (Å²) in [7, 11) is 1.84. The maximum atomic E-state index is 9.41. The second-order valence-corrected chi connectivity index (χ2v) is 5.02. The van der Waals surface area contributed by atoms with E-state index >= 15 is 0 Å². The molecule has 0 radical (unpaired) electrons. The van der Waals surface area contributed by atoms with Gasteiger partial charge in [0.2, 0.25) is 0 Å². The predicted molar refractivity (Wildman–Crippen MR) is 69.1 cm³/mol. The molecule has 5 heteroatoms. The molecule has 1 aliphatic rings. The summed E-state index contributed by atoms with van der Waals surface area (Å²) in [6.07, 6.45) is 4.44. The lowest BCUT2D eigenvalue weighted by Gasteiger charge is -2.31. The highest BCUT2D eigenvalue weighted by Gasteiger charge is 2.26. The Morgan fingerprint density at radius 3 is 2.89 bits per heavy atom. The first kappa shape index (κ1) is 12.9. The van der Waals surface area contributed by atoms with Crippen LogP contribution in [0.15, 0.2) is 0 Å². The summed E-state index contributed by atoms with van der Waals surface area (Å²) in [5.41, 5.74) is 1.36. The fraction of sp³-hybridized carbons (Fsp3) is 0.692. The van der Waals surface area contributed by atoms with Crippen molar-refractivity contribution in [3.63, 3.8) is 0 Å². The first-order valence-electron chi connectivity index (χ1n) is 6.48. The molecule has 1 fully saturated rings. The van der Waals surface area contributed by atoms with Gasteiger partial charge in [0.25, 0.3) is 0 Å². The van der Waals surface area contributed by atoms with Gasteiger partial charge in [-0.3, -0.25) is 4.68 Å². The zero-order chi connectivity index (χ0) is 13.1. The SMILES string of the molecule is Cc1nn(C)c(NC2CCCCC2CO)c1C#N. The molecule has 1 saturated carbocycles. The minimum absolute atomic E-state index is 0.205. The van der Waals surface area contributed by atoms with Gasteiger partial charge in [-0.1, -0.05) is 12.8 Å². The van der Waals surface area contributed by atoms with Gasteiger partial charge in [-0.2, -0.15) is 10.4 Å². The van der Waals surface area contributed by atoms with Crippen molar-refractivity contribution in [2.75, 3.05) is 11.9 Å². The van der Waals surface area contributed by atoms with Crippen molar-refractivity contribution in [1.29, 1.82) is 5.26 Å². The first-order valence-corrected chi connectivity index (χ1v) is 6.48. The maximum Gasteiger partial charge on any atom is 0.142 e. The molecule has 5 nitrogen and oxygen atoms in total. The summed E-state index contributed by atoms with van der Waals surface area (Å²) in [5, 5.41) is 26.3. The molecule has 2 N–H and O–H groups in total. The molecule has 2 rings (SSSR count). The third kappa shape index (κ3) is 2.34. The molecular formula is C13H20N4O. The minimum atomic E-state index is 0.205. The van der Waals surface area contributed by atoms with Crippen LogP contribution in [-0.2, 0) is 7.05 Å². The average Bonchev–Trinajstić information content (AvgIpc) is 2.64. The largest absolute Gasteiger partial charge is 0.396 e. The molecule has 1 aliphatic carbocycles. The third-order valence-electron chi connectivity index (χ3n) is 3.80. The Morgan fingerprint density at radius 2 is 2.22 bits per heavy atom. The predicted octanol–water partition coefficient (Wildman–Crippen LogP) is 1.56. The van der Waals surface area contributed by atoms with Crippen LogP contribution in [0.1, 0.15) is 36.9 Å². The van der Waals surface area contributed by atoms with Crippen LogP contribution < -0.4 is 5.32 Å². The number of aromatic nitrogens is 2. The van der Waals surface area contributed by atoms with Gasteiger partial charge in [0, 0.05) is 25.6 Å². The molecule has 0 aliphatic heterocycles. The molecule has 2 atom stereocenters. The third-order valence-corrected chi connectivity index (χ3v) is 3.80. The number of hydrogen-bond donors (Lipinski definition) is 2. The number of anilines is 1. The molecule has 1 aromatic heterocycles. The summed E-state index contributed by atoms with van der Waals surface area (Å²) in [6.45, 7) is 2.05. The lowest BCUT2D eigenvalue weighted by Crippen LogP contribution is -2.35. The summed E-state index contributed by atoms with van der Waals surface area (Å²) >= 11 is 0. The maximum absolute atomic E-state index is 9.41. The van der Waals surface area contributed by atoms with Crippen LogP contribution in [0.3, 0.4) is 0 Å². The van der Waals surface area contributed by atoms with E-state index in [0.29, 0.717) is 5.56 Å². The zero-order valence-corrected chi connectivity index (χ0v) is 11.0. The van der Waals surface area contributed by atoms with Crippen LogP contribution in [0.25, 0.3) is 0 Å². The van der Waals surface area contributed by atoms with Crippen molar-refractivity contribution in [3.05, 3.63) is 11.3 Å². The van der Waals surface area contributed by atoms with Crippen molar-refractivity contribution in [2.45, 2.75) is 38.6 Å². The molecule has 0 spiro atoms. The van der Waals surface area contributed by atoms with E-state index in [2.05, 4.69) is 16.5 Å². The molecule has 0 bridgehead atoms. The lowest BCUT2D eigenvalue weighted by atomic mass is 9.85. The van der Waals surface area contributed by atoms with Crippen molar-refractivity contribution < 1.29 is 5.11 Å². The monoisotopic (exact) mass is 248 g/mol. The van der Waals surface area contributed by atoms with Gasteiger partial charge in [-0.15, -0.1) is 0 Å². The second-order valence-electron chi connectivity index (χ2n) is 5.02. The summed E-state index contributed by atoms with van der Waals surface area (Å²) in [4.78, 5) is 0. The van der Waals surface area contributed by atoms with Crippen LogP contribution in [-0.4, -0.2) is 27.5 Å². The van der Waals surface area contributed by atoms with E-state index in [1.807, 2.05) is 14.0 Å². The number of aliphatic hydroxyl groups excluding tert-OH is 1. The Bertz CT molecular complexity index is 460. The van der Waals surface area contributed by atoms with Gasteiger partial charge in [-0.25, -0.2) is 0 Å². The molecular weight excluding hydrogens is 228 g/mol. The van der Waals surface area contributed by atoms with Crippen molar-refractivity contribution in [2.24, 2.45) is 13.0 Å². The molecule has 1 aromatic rings. The molecule has 2 unspecified atom stereocenters. The number of nitrogens with one attached hydrogen (secondary N) is 1. The number of rotatable bonds is 3. The van der Waals surface area contributed by atoms with Gasteiger partial charge in [0.15, 0.2) is 0 Å². The van der Waals surface area contributed by atoms with Crippen LogP contribution in [0.4, 0.5) is 5.82 Å². The highest BCUT2D eigenvalue weighted by Crippen LogP contribution is 2.28. The van der Waals surface area contributed by atoms with E-state index in [0.717, 1.165) is 24.4 Å². The van der Waals surface area contributed by atoms with Gasteiger partial charge in [-0.05, 0) is 19.8 Å². The zero-order valence-electron chi connectivity index (χ0n) is 11.0. The van der Waals surface area contributed by atoms with Crippen LogP contribution >= 0.6 is 0 Å². The molecule has 0 saturated heterocycles. The number of aryl methyl sites for hydroxylation is 2. The Labute approximate surface area is 107 Å². The van der Waals surface area contributed by atoms with Gasteiger partial charge < -0.3 is 10.4 Å².